The van der Waals surface area contributed by atoms with Gasteiger partial charge in [-0.3, -0.25) is 4.79 Å². The molecule has 1 heterocycles. The van der Waals surface area contributed by atoms with Crippen LogP contribution < -0.4 is 16.8 Å². The average molecular weight is 295 g/mol. The first-order valence-electron chi connectivity index (χ1n) is 6.50. The summed E-state index contributed by atoms with van der Waals surface area (Å²) in [6, 6.07) is 12.7. The number of primary amides is 2. The zero-order chi connectivity index (χ0) is 15.7. The van der Waals surface area contributed by atoms with Crippen molar-refractivity contribution >= 4 is 28.4 Å². The Hall–Kier alpha value is -3.35. The SMILES string of the molecule is NC(=O)Nc1cn(-c2cccc3ccccc23)nc1C(N)=O. The fraction of sp³-hybridized carbons (Fsp3) is 0. The first kappa shape index (κ1) is 13.6. The monoisotopic (exact) mass is 295 g/mol. The minimum Gasteiger partial charge on any atom is -0.364 e. The predicted octanol–water partition coefficient (Wildman–Crippen LogP) is 1.62. The molecule has 0 spiro atoms. The van der Waals surface area contributed by atoms with Crippen LogP contribution in [0.2, 0.25) is 0 Å². The molecule has 0 fully saturated rings. The van der Waals surface area contributed by atoms with Gasteiger partial charge in [0, 0.05) is 5.39 Å². The number of rotatable bonds is 3. The van der Waals surface area contributed by atoms with Gasteiger partial charge in [0.1, 0.15) is 0 Å². The second-order valence-corrected chi connectivity index (χ2v) is 4.69. The maximum atomic E-state index is 11.5. The highest BCUT2D eigenvalue weighted by molar-refractivity contribution is 6.01. The van der Waals surface area contributed by atoms with E-state index in [0.29, 0.717) is 0 Å². The molecule has 3 amide bonds. The smallest absolute Gasteiger partial charge is 0.316 e. The Balaban J connectivity index is 2.19. The first-order chi connectivity index (χ1) is 10.6. The molecule has 1 aromatic heterocycles. The summed E-state index contributed by atoms with van der Waals surface area (Å²) >= 11 is 0. The summed E-state index contributed by atoms with van der Waals surface area (Å²) in [4.78, 5) is 22.5. The van der Waals surface area contributed by atoms with E-state index in [-0.39, 0.29) is 11.4 Å². The van der Waals surface area contributed by atoms with Crippen LogP contribution in [0.25, 0.3) is 16.5 Å². The van der Waals surface area contributed by atoms with Crippen molar-refractivity contribution < 1.29 is 9.59 Å². The van der Waals surface area contributed by atoms with Crippen molar-refractivity contribution in [1.82, 2.24) is 9.78 Å². The number of carbonyl (C=O) groups excluding carboxylic acids is 2. The van der Waals surface area contributed by atoms with E-state index in [1.54, 1.807) is 0 Å². The Bertz CT molecular complexity index is 879. The van der Waals surface area contributed by atoms with Gasteiger partial charge in [0.25, 0.3) is 5.91 Å². The lowest BCUT2D eigenvalue weighted by Crippen LogP contribution is -2.22. The highest BCUT2D eigenvalue weighted by atomic mass is 16.2. The number of nitrogens with two attached hydrogens (primary N) is 2. The summed E-state index contributed by atoms with van der Waals surface area (Å²) in [7, 11) is 0. The third-order valence-corrected chi connectivity index (χ3v) is 3.22. The van der Waals surface area contributed by atoms with E-state index < -0.39 is 11.9 Å². The molecule has 0 aliphatic rings. The molecule has 3 aromatic rings. The third-order valence-electron chi connectivity index (χ3n) is 3.22. The predicted molar refractivity (Wildman–Crippen MR) is 82.8 cm³/mol. The number of nitrogens with one attached hydrogen (secondary N) is 1. The highest BCUT2D eigenvalue weighted by Gasteiger charge is 2.16. The molecule has 3 rings (SSSR count). The topological polar surface area (TPSA) is 116 Å². The van der Waals surface area contributed by atoms with Crippen molar-refractivity contribution in [2.24, 2.45) is 11.5 Å². The molecule has 0 aliphatic heterocycles. The highest BCUT2D eigenvalue weighted by Crippen LogP contribution is 2.24. The Morgan fingerprint density at radius 2 is 1.77 bits per heavy atom. The van der Waals surface area contributed by atoms with Gasteiger partial charge in [0.05, 0.1) is 17.6 Å². The van der Waals surface area contributed by atoms with Crippen LogP contribution in [0, 0.1) is 0 Å². The normalized spacial score (nSPS) is 10.5. The number of amides is 3. The van der Waals surface area contributed by atoms with Gasteiger partial charge in [-0.25, -0.2) is 9.48 Å². The molecule has 7 nitrogen and oxygen atoms in total. The second-order valence-electron chi connectivity index (χ2n) is 4.69. The number of carbonyl (C=O) groups is 2. The summed E-state index contributed by atoms with van der Waals surface area (Å²) < 4.78 is 1.49. The van der Waals surface area contributed by atoms with Gasteiger partial charge in [0.2, 0.25) is 0 Å². The molecule has 110 valence electrons. The molecule has 0 aliphatic carbocycles. The standard InChI is InChI=1S/C15H13N5O2/c16-14(21)13-11(18-15(17)22)8-20(19-13)12-7-3-5-9-4-1-2-6-10(9)12/h1-8H,(H2,16,21)(H3,17,18,22). The van der Waals surface area contributed by atoms with Gasteiger partial charge >= 0.3 is 6.03 Å². The summed E-state index contributed by atoms with van der Waals surface area (Å²) in [5.74, 6) is -0.747. The second kappa shape index (κ2) is 5.21. The van der Waals surface area contributed by atoms with Gasteiger partial charge in [0.15, 0.2) is 5.69 Å². The number of hydrogen-bond acceptors (Lipinski definition) is 3. The van der Waals surface area contributed by atoms with Crippen LogP contribution in [0.4, 0.5) is 10.5 Å². The summed E-state index contributed by atoms with van der Waals surface area (Å²) in [6.45, 7) is 0. The van der Waals surface area contributed by atoms with Crippen molar-refractivity contribution in [3.8, 4) is 5.69 Å². The Labute approximate surface area is 125 Å². The molecular formula is C15H13N5O2. The minimum absolute atomic E-state index is 0.0493. The number of hydrogen-bond donors (Lipinski definition) is 3. The molecule has 0 saturated heterocycles. The molecule has 0 radical (unpaired) electrons. The van der Waals surface area contributed by atoms with E-state index in [4.69, 9.17) is 11.5 Å². The van der Waals surface area contributed by atoms with Gasteiger partial charge in [-0.1, -0.05) is 36.4 Å². The van der Waals surface area contributed by atoms with E-state index in [2.05, 4.69) is 10.4 Å². The molecule has 2 aromatic carbocycles. The lowest BCUT2D eigenvalue weighted by Gasteiger charge is -2.06. The van der Waals surface area contributed by atoms with E-state index >= 15 is 0 Å². The number of urea groups is 1. The zero-order valence-electron chi connectivity index (χ0n) is 11.5. The van der Waals surface area contributed by atoms with Crippen LogP contribution in [0.15, 0.2) is 48.7 Å². The van der Waals surface area contributed by atoms with E-state index in [9.17, 15) is 9.59 Å². The number of nitrogens with zero attached hydrogens (tertiary/aromatic N) is 2. The van der Waals surface area contributed by atoms with Gasteiger partial charge in [-0.2, -0.15) is 5.10 Å². The van der Waals surface area contributed by atoms with Crippen molar-refractivity contribution in [1.29, 1.82) is 0 Å². The lowest BCUT2D eigenvalue weighted by atomic mass is 10.1. The van der Waals surface area contributed by atoms with Crippen LogP contribution in [0.1, 0.15) is 10.5 Å². The number of benzene rings is 2. The first-order valence-corrected chi connectivity index (χ1v) is 6.50. The van der Waals surface area contributed by atoms with Crippen LogP contribution in [-0.2, 0) is 0 Å². The Kier molecular flexibility index (Phi) is 3.23. The number of fused-ring (bicyclic) bond motifs is 1. The minimum atomic E-state index is -0.792. The average Bonchev–Trinajstić information content (AvgIpc) is 2.89. The molecule has 0 atom stereocenters. The Morgan fingerprint density at radius 1 is 1.05 bits per heavy atom. The van der Waals surface area contributed by atoms with E-state index in [1.807, 2.05) is 42.5 Å². The van der Waals surface area contributed by atoms with Crippen molar-refractivity contribution in [3.05, 3.63) is 54.4 Å². The Morgan fingerprint density at radius 3 is 2.50 bits per heavy atom. The number of aromatic nitrogens is 2. The molecule has 5 N–H and O–H groups in total. The molecule has 0 saturated carbocycles. The molecule has 7 heteroatoms. The fourth-order valence-electron chi connectivity index (χ4n) is 2.31. The van der Waals surface area contributed by atoms with Crippen molar-refractivity contribution in [2.45, 2.75) is 0 Å². The fourth-order valence-corrected chi connectivity index (χ4v) is 2.31. The van der Waals surface area contributed by atoms with Crippen LogP contribution in [0.5, 0.6) is 0 Å². The van der Waals surface area contributed by atoms with E-state index in [0.717, 1.165) is 16.5 Å². The third kappa shape index (κ3) is 2.35. The zero-order valence-corrected chi connectivity index (χ0v) is 11.5. The van der Waals surface area contributed by atoms with Crippen molar-refractivity contribution in [3.63, 3.8) is 0 Å². The van der Waals surface area contributed by atoms with E-state index in [1.165, 1.54) is 10.9 Å². The maximum absolute atomic E-state index is 11.5. The molecule has 22 heavy (non-hydrogen) atoms. The largest absolute Gasteiger partial charge is 0.364 e. The van der Waals surface area contributed by atoms with Gasteiger partial charge < -0.3 is 16.8 Å². The molecular weight excluding hydrogens is 282 g/mol. The summed E-state index contributed by atoms with van der Waals surface area (Å²) in [6.07, 6.45) is 1.51. The van der Waals surface area contributed by atoms with Crippen LogP contribution >= 0.6 is 0 Å². The van der Waals surface area contributed by atoms with Gasteiger partial charge in [-0.15, -0.1) is 0 Å². The molecule has 0 unspecified atom stereocenters. The van der Waals surface area contributed by atoms with Crippen molar-refractivity contribution in [2.75, 3.05) is 5.32 Å². The summed E-state index contributed by atoms with van der Waals surface area (Å²) in [5.41, 5.74) is 11.3. The number of anilines is 1. The summed E-state index contributed by atoms with van der Waals surface area (Å²) in [5, 5.41) is 8.48. The van der Waals surface area contributed by atoms with Crippen LogP contribution in [-0.4, -0.2) is 21.7 Å². The quantitative estimate of drug-likeness (QED) is 0.681. The molecule has 0 bridgehead atoms. The lowest BCUT2D eigenvalue weighted by molar-refractivity contribution is 0.0996. The maximum Gasteiger partial charge on any atom is 0.316 e. The van der Waals surface area contributed by atoms with Crippen LogP contribution in [0.3, 0.4) is 0 Å². The van der Waals surface area contributed by atoms with Gasteiger partial charge in [-0.05, 0) is 11.5 Å².